The third-order valence-electron chi connectivity index (χ3n) is 3.11. The van der Waals surface area contributed by atoms with Crippen molar-refractivity contribution in [2.45, 2.75) is 20.0 Å². The van der Waals surface area contributed by atoms with Gasteiger partial charge in [0.2, 0.25) is 0 Å². The van der Waals surface area contributed by atoms with Gasteiger partial charge < -0.3 is 19.5 Å². The topological polar surface area (TPSA) is 76.1 Å². The van der Waals surface area contributed by atoms with Crippen LogP contribution >= 0.6 is 11.6 Å². The number of halogens is 1. The monoisotopic (exact) mass is 343 g/mol. The summed E-state index contributed by atoms with van der Waals surface area (Å²) in [7, 11) is 1.29. The van der Waals surface area contributed by atoms with Gasteiger partial charge in [-0.15, -0.1) is 0 Å². The molecular weight excluding hydrogens is 322 g/mol. The highest BCUT2D eigenvalue weighted by Crippen LogP contribution is 2.15. The summed E-state index contributed by atoms with van der Waals surface area (Å²) in [5, 5.41) is 10.1. The van der Waals surface area contributed by atoms with E-state index in [-0.39, 0.29) is 25.6 Å². The first-order valence-electron chi connectivity index (χ1n) is 7.25. The van der Waals surface area contributed by atoms with Crippen LogP contribution in [-0.4, -0.2) is 54.8 Å². The van der Waals surface area contributed by atoms with Gasteiger partial charge >= 0.3 is 5.97 Å². The number of nitrogens with zero attached hydrogens (tertiary/aromatic N) is 1. The van der Waals surface area contributed by atoms with Gasteiger partial charge in [0.25, 0.3) is 5.91 Å². The molecule has 2 unspecified atom stereocenters. The zero-order chi connectivity index (χ0) is 17.4. The smallest absolute Gasteiger partial charge is 0.310 e. The highest BCUT2D eigenvalue weighted by Gasteiger charge is 2.23. The Labute approximate surface area is 140 Å². The lowest BCUT2D eigenvalue weighted by molar-refractivity contribution is -0.147. The summed E-state index contributed by atoms with van der Waals surface area (Å²) >= 11 is 5.78. The van der Waals surface area contributed by atoms with Crippen LogP contribution in [0.15, 0.2) is 24.3 Å². The number of hydrogen-bond donors (Lipinski definition) is 1. The minimum absolute atomic E-state index is 0.115. The largest absolute Gasteiger partial charge is 0.484 e. The van der Waals surface area contributed by atoms with Crippen LogP contribution in [0.4, 0.5) is 0 Å². The maximum absolute atomic E-state index is 12.3. The number of hydrogen-bond acceptors (Lipinski definition) is 5. The van der Waals surface area contributed by atoms with E-state index < -0.39 is 18.0 Å². The van der Waals surface area contributed by atoms with E-state index in [4.69, 9.17) is 16.3 Å². The van der Waals surface area contributed by atoms with E-state index in [1.54, 1.807) is 38.1 Å². The number of ether oxygens (including phenoxy) is 2. The number of carbonyl (C=O) groups excluding carboxylic acids is 2. The number of rotatable bonds is 8. The summed E-state index contributed by atoms with van der Waals surface area (Å²) in [4.78, 5) is 25.2. The number of methoxy groups -OCH3 is 1. The molecule has 0 aliphatic rings. The van der Waals surface area contributed by atoms with E-state index in [1.165, 1.54) is 12.0 Å². The Balaban J connectivity index is 2.63. The van der Waals surface area contributed by atoms with Crippen LogP contribution < -0.4 is 4.74 Å². The standard InChI is InChI=1S/C16H22ClNO5/c1-11(16(21)22-3)8-18(9-12(2)19)15(20)10-23-14-6-4-13(17)5-7-14/h4-7,11-12,19H,8-10H2,1-3H3. The SMILES string of the molecule is COC(=O)C(C)CN(CC(C)O)C(=O)COc1ccc(Cl)cc1. The Morgan fingerprint density at radius 3 is 2.35 bits per heavy atom. The van der Waals surface area contributed by atoms with E-state index in [9.17, 15) is 14.7 Å². The maximum Gasteiger partial charge on any atom is 0.310 e. The molecule has 1 rings (SSSR count). The molecule has 0 bridgehead atoms. The Morgan fingerprint density at radius 1 is 1.22 bits per heavy atom. The summed E-state index contributed by atoms with van der Waals surface area (Å²) < 4.78 is 10.1. The Bertz CT molecular complexity index is 518. The van der Waals surface area contributed by atoms with Crippen molar-refractivity contribution in [3.8, 4) is 5.75 Å². The summed E-state index contributed by atoms with van der Waals surface area (Å²) in [6.07, 6.45) is -0.709. The van der Waals surface area contributed by atoms with Crippen LogP contribution in [0.25, 0.3) is 0 Å². The average Bonchev–Trinajstić information content (AvgIpc) is 2.52. The third kappa shape index (κ3) is 6.88. The first-order chi connectivity index (χ1) is 10.8. The first kappa shape index (κ1) is 19.3. The van der Waals surface area contributed by atoms with Crippen molar-refractivity contribution in [1.82, 2.24) is 4.90 Å². The average molecular weight is 344 g/mol. The van der Waals surface area contributed by atoms with Gasteiger partial charge in [-0.05, 0) is 31.2 Å². The van der Waals surface area contributed by atoms with E-state index in [0.717, 1.165) is 0 Å². The Kier molecular flexibility index (Phi) is 7.85. The lowest BCUT2D eigenvalue weighted by Gasteiger charge is -2.26. The van der Waals surface area contributed by atoms with Crippen molar-refractivity contribution < 1.29 is 24.2 Å². The zero-order valence-corrected chi connectivity index (χ0v) is 14.2. The third-order valence-corrected chi connectivity index (χ3v) is 3.36. The minimum atomic E-state index is -0.709. The van der Waals surface area contributed by atoms with Crippen LogP contribution in [0.3, 0.4) is 0 Å². The molecule has 0 aromatic heterocycles. The van der Waals surface area contributed by atoms with Crippen molar-refractivity contribution in [3.05, 3.63) is 29.3 Å². The van der Waals surface area contributed by atoms with E-state index >= 15 is 0 Å². The summed E-state index contributed by atoms with van der Waals surface area (Å²) in [6, 6.07) is 6.64. The maximum atomic E-state index is 12.3. The molecule has 0 aliphatic carbocycles. The van der Waals surface area contributed by atoms with Gasteiger partial charge in [-0.1, -0.05) is 18.5 Å². The Morgan fingerprint density at radius 2 is 1.83 bits per heavy atom. The van der Waals surface area contributed by atoms with Gasteiger partial charge in [0, 0.05) is 18.1 Å². The molecule has 0 saturated carbocycles. The molecule has 0 spiro atoms. The molecule has 1 N–H and O–H groups in total. The van der Waals surface area contributed by atoms with Crippen molar-refractivity contribution in [1.29, 1.82) is 0 Å². The van der Waals surface area contributed by atoms with Gasteiger partial charge in [-0.2, -0.15) is 0 Å². The van der Waals surface area contributed by atoms with Crippen molar-refractivity contribution in [2.75, 3.05) is 26.8 Å². The second-order valence-corrected chi connectivity index (χ2v) is 5.75. The molecule has 0 aliphatic heterocycles. The summed E-state index contributed by atoms with van der Waals surface area (Å²) in [5.41, 5.74) is 0. The van der Waals surface area contributed by atoms with Crippen molar-refractivity contribution in [3.63, 3.8) is 0 Å². The summed E-state index contributed by atoms with van der Waals surface area (Å²) in [6.45, 7) is 3.31. The zero-order valence-electron chi connectivity index (χ0n) is 13.5. The molecule has 1 aromatic carbocycles. The van der Waals surface area contributed by atoms with Gasteiger partial charge in [-0.25, -0.2) is 0 Å². The fourth-order valence-corrected chi connectivity index (χ4v) is 2.10. The van der Waals surface area contributed by atoms with Gasteiger partial charge in [-0.3, -0.25) is 9.59 Å². The number of amides is 1. The normalized spacial score (nSPS) is 13.1. The molecule has 6 nitrogen and oxygen atoms in total. The number of carbonyl (C=O) groups is 2. The number of aliphatic hydroxyl groups excluding tert-OH is 1. The molecule has 128 valence electrons. The molecule has 1 amide bonds. The first-order valence-corrected chi connectivity index (χ1v) is 7.63. The molecule has 0 heterocycles. The molecule has 2 atom stereocenters. The molecule has 23 heavy (non-hydrogen) atoms. The van der Waals surface area contributed by atoms with E-state index in [2.05, 4.69) is 4.74 Å². The lowest BCUT2D eigenvalue weighted by atomic mass is 10.1. The van der Waals surface area contributed by atoms with Crippen LogP contribution in [0.1, 0.15) is 13.8 Å². The van der Waals surface area contributed by atoms with E-state index in [1.807, 2.05) is 0 Å². The van der Waals surface area contributed by atoms with Crippen LogP contribution in [0.5, 0.6) is 5.75 Å². The quantitative estimate of drug-likeness (QED) is 0.728. The number of aliphatic hydroxyl groups is 1. The minimum Gasteiger partial charge on any atom is -0.484 e. The Hall–Kier alpha value is -1.79. The van der Waals surface area contributed by atoms with Gasteiger partial charge in [0.05, 0.1) is 19.1 Å². The predicted octanol–water partition coefficient (Wildman–Crippen LogP) is 1.74. The highest BCUT2D eigenvalue weighted by molar-refractivity contribution is 6.30. The fourth-order valence-electron chi connectivity index (χ4n) is 1.97. The predicted molar refractivity (Wildman–Crippen MR) is 86.4 cm³/mol. The molecular formula is C16H22ClNO5. The molecule has 1 aromatic rings. The lowest BCUT2D eigenvalue weighted by Crippen LogP contribution is -2.43. The van der Waals surface area contributed by atoms with Gasteiger partial charge in [0.15, 0.2) is 6.61 Å². The van der Waals surface area contributed by atoms with Crippen LogP contribution in [0.2, 0.25) is 5.02 Å². The fraction of sp³-hybridized carbons (Fsp3) is 0.500. The number of benzene rings is 1. The van der Waals surface area contributed by atoms with Gasteiger partial charge in [0.1, 0.15) is 5.75 Å². The summed E-state index contributed by atoms with van der Waals surface area (Å²) in [5.74, 6) is -0.706. The van der Waals surface area contributed by atoms with Crippen molar-refractivity contribution >= 4 is 23.5 Å². The van der Waals surface area contributed by atoms with Crippen molar-refractivity contribution in [2.24, 2.45) is 5.92 Å². The second kappa shape index (κ2) is 9.37. The molecule has 0 saturated heterocycles. The number of esters is 1. The molecule has 7 heteroatoms. The second-order valence-electron chi connectivity index (χ2n) is 5.31. The molecule has 0 fully saturated rings. The van der Waals surface area contributed by atoms with Crippen LogP contribution in [-0.2, 0) is 14.3 Å². The highest BCUT2D eigenvalue weighted by atomic mass is 35.5. The van der Waals surface area contributed by atoms with E-state index in [0.29, 0.717) is 10.8 Å². The van der Waals surface area contributed by atoms with Crippen LogP contribution in [0, 0.1) is 5.92 Å². The molecule has 0 radical (unpaired) electrons.